The lowest BCUT2D eigenvalue weighted by atomic mass is 10.1. The quantitative estimate of drug-likeness (QED) is 0.855. The first-order valence-corrected chi connectivity index (χ1v) is 7.13. The Morgan fingerprint density at radius 2 is 2.18 bits per heavy atom. The number of carbonyl (C=O) groups excluding carboxylic acids is 1. The average molecular weight is 327 g/mol. The van der Waals surface area contributed by atoms with Gasteiger partial charge in [-0.25, -0.2) is 0 Å². The predicted molar refractivity (Wildman–Crippen MR) is 89.6 cm³/mol. The molecule has 22 heavy (non-hydrogen) atoms. The van der Waals surface area contributed by atoms with Crippen molar-refractivity contribution in [2.24, 2.45) is 5.73 Å². The molecule has 3 N–H and O–H groups in total. The van der Waals surface area contributed by atoms with E-state index >= 15 is 0 Å². The number of halogens is 1. The van der Waals surface area contributed by atoms with Crippen LogP contribution in [0.15, 0.2) is 22.6 Å². The van der Waals surface area contributed by atoms with E-state index in [1.54, 1.807) is 7.11 Å². The Balaban J connectivity index is 0.00000242. The largest absolute Gasteiger partial charge is 0.497 e. The van der Waals surface area contributed by atoms with Gasteiger partial charge in [-0.1, -0.05) is 0 Å². The van der Waals surface area contributed by atoms with Crippen molar-refractivity contribution in [3.63, 3.8) is 0 Å². The molecule has 0 aliphatic carbocycles. The molecule has 1 atom stereocenters. The number of furan rings is 1. The highest BCUT2D eigenvalue weighted by Crippen LogP contribution is 2.31. The number of hydrogen-bond acceptors (Lipinski definition) is 4. The first kappa shape index (κ1) is 18.3. The van der Waals surface area contributed by atoms with Gasteiger partial charge in [0.05, 0.1) is 13.2 Å². The molecule has 0 bridgehead atoms. The Labute approximate surface area is 136 Å². The topological polar surface area (TPSA) is 77.5 Å². The first-order chi connectivity index (χ1) is 10.1. The number of ether oxygens (including phenoxy) is 1. The van der Waals surface area contributed by atoms with Gasteiger partial charge in [-0.05, 0) is 45.0 Å². The fourth-order valence-electron chi connectivity index (χ4n) is 2.40. The molecule has 0 fully saturated rings. The van der Waals surface area contributed by atoms with Gasteiger partial charge in [-0.15, -0.1) is 12.4 Å². The number of fused-ring (bicyclic) bond motifs is 1. The molecular weight excluding hydrogens is 304 g/mol. The number of hydrogen-bond donors (Lipinski definition) is 2. The summed E-state index contributed by atoms with van der Waals surface area (Å²) in [5.74, 6) is 1.56. The molecule has 0 aliphatic rings. The molecule has 5 nitrogen and oxygen atoms in total. The minimum absolute atomic E-state index is 0. The number of aryl methyl sites for hydroxylation is 1. The van der Waals surface area contributed by atoms with Crippen LogP contribution in [0.5, 0.6) is 5.75 Å². The number of carbonyl (C=O) groups is 1. The number of benzene rings is 1. The molecular formula is C16H23ClN2O3. The number of rotatable bonds is 6. The molecule has 0 saturated heterocycles. The van der Waals surface area contributed by atoms with Gasteiger partial charge in [0.25, 0.3) is 0 Å². The van der Waals surface area contributed by atoms with Crippen LogP contribution in [0.4, 0.5) is 0 Å². The van der Waals surface area contributed by atoms with E-state index in [0.717, 1.165) is 28.0 Å². The maximum Gasteiger partial charge on any atom is 0.220 e. The Kier molecular flexibility index (Phi) is 6.71. The molecule has 1 amide bonds. The van der Waals surface area contributed by atoms with Gasteiger partial charge in [-0.2, -0.15) is 0 Å². The maximum absolute atomic E-state index is 11.8. The van der Waals surface area contributed by atoms with Gasteiger partial charge >= 0.3 is 0 Å². The zero-order chi connectivity index (χ0) is 15.4. The zero-order valence-electron chi connectivity index (χ0n) is 13.1. The van der Waals surface area contributed by atoms with Crippen molar-refractivity contribution < 1.29 is 13.9 Å². The van der Waals surface area contributed by atoms with Crippen LogP contribution >= 0.6 is 12.4 Å². The molecule has 1 aromatic heterocycles. The highest BCUT2D eigenvalue weighted by molar-refractivity contribution is 5.85. The average Bonchev–Trinajstić information content (AvgIpc) is 2.81. The van der Waals surface area contributed by atoms with Crippen molar-refractivity contribution in [3.05, 3.63) is 29.5 Å². The van der Waals surface area contributed by atoms with Gasteiger partial charge in [0.2, 0.25) is 5.91 Å². The van der Waals surface area contributed by atoms with E-state index in [-0.39, 0.29) is 24.4 Å². The van der Waals surface area contributed by atoms with E-state index < -0.39 is 0 Å². The zero-order valence-corrected chi connectivity index (χ0v) is 14.0. The summed E-state index contributed by atoms with van der Waals surface area (Å²) in [7, 11) is 1.64. The molecule has 1 aromatic carbocycles. The third kappa shape index (κ3) is 3.93. The summed E-state index contributed by atoms with van der Waals surface area (Å²) in [6.07, 6.45) is 1.13. The second-order valence-corrected chi connectivity index (χ2v) is 5.13. The van der Waals surface area contributed by atoms with E-state index in [4.69, 9.17) is 14.9 Å². The smallest absolute Gasteiger partial charge is 0.220 e. The number of nitrogens with one attached hydrogen (secondary N) is 1. The number of methoxy groups -OCH3 is 1. The minimum Gasteiger partial charge on any atom is -0.497 e. The third-order valence-corrected chi connectivity index (χ3v) is 3.56. The molecule has 6 heteroatoms. The van der Waals surface area contributed by atoms with Crippen LogP contribution < -0.4 is 15.8 Å². The summed E-state index contributed by atoms with van der Waals surface area (Å²) >= 11 is 0. The van der Waals surface area contributed by atoms with E-state index in [2.05, 4.69) is 5.32 Å². The molecule has 0 aliphatic heterocycles. The summed E-state index contributed by atoms with van der Waals surface area (Å²) in [4.78, 5) is 11.8. The lowest BCUT2D eigenvalue weighted by molar-refractivity contribution is -0.121. The second-order valence-electron chi connectivity index (χ2n) is 5.13. The Hall–Kier alpha value is -1.72. The fraction of sp³-hybridized carbons (Fsp3) is 0.438. The fourth-order valence-corrected chi connectivity index (χ4v) is 2.40. The van der Waals surface area contributed by atoms with Crippen molar-refractivity contribution in [1.82, 2.24) is 5.32 Å². The van der Waals surface area contributed by atoms with Crippen LogP contribution in [0, 0.1) is 6.92 Å². The molecule has 0 saturated carbocycles. The molecule has 1 heterocycles. The van der Waals surface area contributed by atoms with E-state index in [9.17, 15) is 4.79 Å². The second kappa shape index (κ2) is 8.06. The minimum atomic E-state index is -0.173. The van der Waals surface area contributed by atoms with Gasteiger partial charge in [0, 0.05) is 17.4 Å². The highest BCUT2D eigenvalue weighted by atomic mass is 35.5. The van der Waals surface area contributed by atoms with Crippen molar-refractivity contribution >= 4 is 29.3 Å². The molecule has 0 spiro atoms. The Bertz CT molecular complexity index is 640. The maximum atomic E-state index is 11.8. The SMILES string of the molecule is COc1ccc2oc(C(C)NC(=O)CCCN)c(C)c2c1.Cl. The summed E-state index contributed by atoms with van der Waals surface area (Å²) in [6.45, 7) is 4.43. The van der Waals surface area contributed by atoms with Crippen molar-refractivity contribution in [3.8, 4) is 5.75 Å². The summed E-state index contributed by atoms with van der Waals surface area (Å²) in [5, 5.41) is 3.95. The summed E-state index contributed by atoms with van der Waals surface area (Å²) in [6, 6.07) is 5.52. The number of amides is 1. The summed E-state index contributed by atoms with van der Waals surface area (Å²) < 4.78 is 11.1. The molecule has 0 radical (unpaired) electrons. The van der Waals surface area contributed by atoms with Crippen molar-refractivity contribution in [2.45, 2.75) is 32.7 Å². The van der Waals surface area contributed by atoms with Crippen LogP contribution in [0.2, 0.25) is 0 Å². The standard InChI is InChI=1S/C16H22N2O3.ClH/c1-10-13-9-12(20-3)6-7-14(13)21-16(10)11(2)18-15(19)5-4-8-17;/h6-7,9,11H,4-5,8,17H2,1-3H3,(H,18,19);1H. The molecule has 2 aromatic rings. The molecule has 1 unspecified atom stereocenters. The van der Waals surface area contributed by atoms with Gasteiger partial charge in [0.15, 0.2) is 0 Å². The van der Waals surface area contributed by atoms with E-state index in [1.807, 2.05) is 32.0 Å². The Morgan fingerprint density at radius 1 is 1.45 bits per heavy atom. The predicted octanol–water partition coefficient (Wildman–Crippen LogP) is 3.09. The van der Waals surface area contributed by atoms with E-state index in [1.165, 1.54) is 0 Å². The monoisotopic (exact) mass is 326 g/mol. The summed E-state index contributed by atoms with van der Waals surface area (Å²) in [5.41, 5.74) is 7.23. The van der Waals surface area contributed by atoms with Gasteiger partial charge in [-0.3, -0.25) is 4.79 Å². The first-order valence-electron chi connectivity index (χ1n) is 7.13. The van der Waals surface area contributed by atoms with Crippen LogP contribution in [0.25, 0.3) is 11.0 Å². The Morgan fingerprint density at radius 3 is 2.82 bits per heavy atom. The van der Waals surface area contributed by atoms with E-state index in [0.29, 0.717) is 19.4 Å². The highest BCUT2D eigenvalue weighted by Gasteiger charge is 2.18. The van der Waals surface area contributed by atoms with Crippen LogP contribution in [0.1, 0.15) is 37.1 Å². The van der Waals surface area contributed by atoms with Crippen LogP contribution in [-0.2, 0) is 4.79 Å². The normalized spacial score (nSPS) is 11.8. The van der Waals surface area contributed by atoms with Gasteiger partial charge < -0.3 is 20.2 Å². The lowest BCUT2D eigenvalue weighted by Gasteiger charge is -2.12. The molecule has 2 rings (SSSR count). The molecule has 122 valence electrons. The van der Waals surface area contributed by atoms with Gasteiger partial charge in [0.1, 0.15) is 17.1 Å². The van der Waals surface area contributed by atoms with Crippen molar-refractivity contribution in [2.75, 3.05) is 13.7 Å². The number of nitrogens with two attached hydrogens (primary N) is 1. The van der Waals surface area contributed by atoms with Crippen LogP contribution in [0.3, 0.4) is 0 Å². The van der Waals surface area contributed by atoms with Crippen molar-refractivity contribution in [1.29, 1.82) is 0 Å². The lowest BCUT2D eigenvalue weighted by Crippen LogP contribution is -2.27. The third-order valence-electron chi connectivity index (χ3n) is 3.56. The van der Waals surface area contributed by atoms with Crippen LogP contribution in [-0.4, -0.2) is 19.6 Å².